The minimum absolute atomic E-state index is 0.00854. The second-order valence-corrected chi connectivity index (χ2v) is 7.49. The number of amides is 1. The predicted molar refractivity (Wildman–Crippen MR) is 102 cm³/mol. The van der Waals surface area contributed by atoms with Crippen molar-refractivity contribution in [3.05, 3.63) is 59.2 Å². The number of aromatic nitrogens is 2. The summed E-state index contributed by atoms with van der Waals surface area (Å²) in [6, 6.07) is 13.1. The van der Waals surface area contributed by atoms with Crippen LogP contribution in [0.1, 0.15) is 25.7 Å². The molecule has 2 saturated heterocycles. The number of hydrogen-bond acceptors (Lipinski definition) is 5. The number of para-hydroxylation sites is 2. The largest absolute Gasteiger partial charge is 0.474 e. The van der Waals surface area contributed by atoms with Gasteiger partial charge in [0.1, 0.15) is 12.6 Å². The molecule has 7 nitrogen and oxygen atoms in total. The van der Waals surface area contributed by atoms with E-state index in [1.54, 1.807) is 18.3 Å². The number of piperidine rings is 1. The summed E-state index contributed by atoms with van der Waals surface area (Å²) in [4.78, 5) is 31.4. The average molecular weight is 379 g/mol. The summed E-state index contributed by atoms with van der Waals surface area (Å²) in [6.07, 6.45) is 5.31. The van der Waals surface area contributed by atoms with Crippen molar-refractivity contribution in [2.24, 2.45) is 0 Å². The van der Waals surface area contributed by atoms with Gasteiger partial charge in [-0.05, 0) is 31.0 Å². The van der Waals surface area contributed by atoms with Crippen LogP contribution in [0.5, 0.6) is 5.88 Å². The van der Waals surface area contributed by atoms with Crippen molar-refractivity contribution in [2.45, 2.75) is 50.4 Å². The summed E-state index contributed by atoms with van der Waals surface area (Å²) < 4.78 is 12.7. The number of benzene rings is 1. The molecule has 28 heavy (non-hydrogen) atoms. The fourth-order valence-corrected chi connectivity index (χ4v) is 4.60. The first-order chi connectivity index (χ1) is 13.7. The van der Waals surface area contributed by atoms with E-state index < -0.39 is 5.76 Å². The molecule has 0 spiro atoms. The van der Waals surface area contributed by atoms with Crippen LogP contribution in [0.2, 0.25) is 0 Å². The minimum Gasteiger partial charge on any atom is -0.474 e. The van der Waals surface area contributed by atoms with Gasteiger partial charge in [-0.1, -0.05) is 18.2 Å². The van der Waals surface area contributed by atoms with E-state index in [-0.39, 0.29) is 30.6 Å². The molecule has 2 aromatic heterocycles. The van der Waals surface area contributed by atoms with E-state index in [0.29, 0.717) is 17.0 Å². The maximum atomic E-state index is 13.1. The highest BCUT2D eigenvalue weighted by molar-refractivity contribution is 5.80. The van der Waals surface area contributed by atoms with E-state index in [9.17, 15) is 9.59 Å². The number of oxazole rings is 1. The number of nitrogens with zero attached hydrogens (tertiary/aromatic N) is 3. The number of rotatable bonds is 4. The molecule has 2 unspecified atom stereocenters. The molecule has 7 heteroatoms. The highest BCUT2D eigenvalue weighted by atomic mass is 16.5. The first-order valence-corrected chi connectivity index (χ1v) is 9.66. The Morgan fingerprint density at radius 1 is 1.11 bits per heavy atom. The Morgan fingerprint density at radius 3 is 2.61 bits per heavy atom. The molecule has 2 bridgehead atoms. The van der Waals surface area contributed by atoms with Gasteiger partial charge in [0.05, 0.1) is 5.52 Å². The van der Waals surface area contributed by atoms with Crippen molar-refractivity contribution in [2.75, 3.05) is 0 Å². The van der Waals surface area contributed by atoms with Crippen molar-refractivity contribution < 1.29 is 13.9 Å². The molecule has 2 atom stereocenters. The standard InChI is InChI=1S/C21H21N3O4/c25-20(13-23-17-5-1-2-6-18(17)28-21(23)26)24-14-8-9-15(24)12-16(11-14)27-19-7-3-4-10-22-19/h1-7,10,14-16H,8-9,11-13H2. The molecule has 2 fully saturated rings. The zero-order valence-corrected chi connectivity index (χ0v) is 15.4. The Kier molecular flexibility index (Phi) is 4.15. The predicted octanol–water partition coefficient (Wildman–Crippen LogP) is 2.59. The summed E-state index contributed by atoms with van der Waals surface area (Å²) in [5.41, 5.74) is 1.16. The van der Waals surface area contributed by atoms with E-state index >= 15 is 0 Å². The summed E-state index contributed by atoms with van der Waals surface area (Å²) in [5, 5.41) is 0. The minimum atomic E-state index is -0.490. The lowest BCUT2D eigenvalue weighted by Gasteiger charge is -2.38. The molecular formula is C21H21N3O4. The van der Waals surface area contributed by atoms with E-state index in [1.807, 2.05) is 35.2 Å². The lowest BCUT2D eigenvalue weighted by atomic mass is 9.99. The lowest BCUT2D eigenvalue weighted by Crippen LogP contribution is -2.50. The van der Waals surface area contributed by atoms with Crippen LogP contribution < -0.4 is 10.5 Å². The van der Waals surface area contributed by atoms with Gasteiger partial charge < -0.3 is 14.1 Å². The molecule has 0 radical (unpaired) electrons. The summed E-state index contributed by atoms with van der Waals surface area (Å²) in [7, 11) is 0. The molecule has 0 aliphatic carbocycles. The SMILES string of the molecule is O=C(Cn1c(=O)oc2ccccc21)N1C2CCC1CC(Oc1ccccn1)C2. The summed E-state index contributed by atoms with van der Waals surface area (Å²) >= 11 is 0. The third-order valence-electron chi connectivity index (χ3n) is 5.77. The van der Waals surface area contributed by atoms with Crippen molar-refractivity contribution in [3.8, 4) is 5.88 Å². The Balaban J connectivity index is 1.31. The molecule has 2 aliphatic heterocycles. The van der Waals surface area contributed by atoms with Crippen LogP contribution in [-0.4, -0.2) is 38.5 Å². The van der Waals surface area contributed by atoms with Gasteiger partial charge in [-0.2, -0.15) is 0 Å². The van der Waals surface area contributed by atoms with E-state index in [2.05, 4.69) is 4.98 Å². The molecule has 5 rings (SSSR count). The van der Waals surface area contributed by atoms with Crippen molar-refractivity contribution in [3.63, 3.8) is 0 Å². The average Bonchev–Trinajstić information content (AvgIpc) is 3.16. The molecular weight excluding hydrogens is 358 g/mol. The maximum Gasteiger partial charge on any atom is 0.420 e. The number of ether oxygens (including phenoxy) is 1. The third kappa shape index (κ3) is 2.96. The molecule has 4 heterocycles. The van der Waals surface area contributed by atoms with Crippen LogP contribution in [-0.2, 0) is 11.3 Å². The van der Waals surface area contributed by atoms with Gasteiger partial charge in [0.2, 0.25) is 11.8 Å². The van der Waals surface area contributed by atoms with Gasteiger partial charge in [-0.15, -0.1) is 0 Å². The van der Waals surface area contributed by atoms with Gasteiger partial charge in [0, 0.05) is 37.2 Å². The second kappa shape index (κ2) is 6.82. The molecule has 0 N–H and O–H groups in total. The number of pyridine rings is 1. The van der Waals surface area contributed by atoms with Gasteiger partial charge in [-0.3, -0.25) is 9.36 Å². The quantitative estimate of drug-likeness (QED) is 0.696. The van der Waals surface area contributed by atoms with Crippen LogP contribution >= 0.6 is 0 Å². The van der Waals surface area contributed by atoms with Gasteiger partial charge in [0.25, 0.3) is 0 Å². The fourth-order valence-electron chi connectivity index (χ4n) is 4.60. The fraction of sp³-hybridized carbons (Fsp3) is 0.381. The number of hydrogen-bond donors (Lipinski definition) is 0. The second-order valence-electron chi connectivity index (χ2n) is 7.49. The van der Waals surface area contributed by atoms with Crippen LogP contribution in [0.15, 0.2) is 57.9 Å². The molecule has 1 amide bonds. The number of fused-ring (bicyclic) bond motifs is 3. The highest BCUT2D eigenvalue weighted by Gasteiger charge is 2.44. The third-order valence-corrected chi connectivity index (χ3v) is 5.77. The van der Waals surface area contributed by atoms with Crippen molar-refractivity contribution in [1.29, 1.82) is 0 Å². The van der Waals surface area contributed by atoms with Crippen LogP contribution in [0.4, 0.5) is 0 Å². The zero-order valence-electron chi connectivity index (χ0n) is 15.4. The smallest absolute Gasteiger partial charge is 0.420 e. The zero-order chi connectivity index (χ0) is 19.1. The lowest BCUT2D eigenvalue weighted by molar-refractivity contribution is -0.137. The van der Waals surface area contributed by atoms with E-state index in [0.717, 1.165) is 25.7 Å². The molecule has 2 aliphatic rings. The topological polar surface area (TPSA) is 77.6 Å². The Morgan fingerprint density at radius 2 is 1.86 bits per heavy atom. The van der Waals surface area contributed by atoms with Crippen LogP contribution in [0, 0.1) is 0 Å². The van der Waals surface area contributed by atoms with Crippen molar-refractivity contribution in [1.82, 2.24) is 14.5 Å². The summed E-state index contributed by atoms with van der Waals surface area (Å²) in [5.74, 6) is 0.107. The monoisotopic (exact) mass is 379 g/mol. The molecule has 1 aromatic carbocycles. The molecule has 144 valence electrons. The number of carbonyl (C=O) groups excluding carboxylic acids is 1. The van der Waals surface area contributed by atoms with Crippen molar-refractivity contribution >= 4 is 17.0 Å². The van der Waals surface area contributed by atoms with E-state index in [4.69, 9.17) is 9.15 Å². The Labute approximate surface area is 161 Å². The van der Waals surface area contributed by atoms with Crippen LogP contribution in [0.3, 0.4) is 0 Å². The molecule has 0 saturated carbocycles. The highest BCUT2D eigenvalue weighted by Crippen LogP contribution is 2.37. The first kappa shape index (κ1) is 17.0. The van der Waals surface area contributed by atoms with Crippen LogP contribution in [0.25, 0.3) is 11.1 Å². The Bertz CT molecular complexity index is 1040. The molecule has 3 aromatic rings. The van der Waals surface area contributed by atoms with Gasteiger partial charge in [0.15, 0.2) is 5.58 Å². The Hall–Kier alpha value is -3.09. The maximum absolute atomic E-state index is 13.1. The van der Waals surface area contributed by atoms with Gasteiger partial charge in [-0.25, -0.2) is 9.78 Å². The number of carbonyl (C=O) groups is 1. The van der Waals surface area contributed by atoms with Gasteiger partial charge >= 0.3 is 5.76 Å². The van der Waals surface area contributed by atoms with E-state index in [1.165, 1.54) is 4.57 Å². The summed E-state index contributed by atoms with van der Waals surface area (Å²) in [6.45, 7) is 0.00854. The first-order valence-electron chi connectivity index (χ1n) is 9.66. The normalized spacial score (nSPS) is 23.9.